The van der Waals surface area contributed by atoms with E-state index in [1.807, 2.05) is 0 Å². The summed E-state index contributed by atoms with van der Waals surface area (Å²) in [6.45, 7) is 5.10. The summed E-state index contributed by atoms with van der Waals surface area (Å²) in [7, 11) is 0. The van der Waals surface area contributed by atoms with E-state index in [4.69, 9.17) is 9.47 Å². The highest BCUT2D eigenvalue weighted by Crippen LogP contribution is 2.40. The Bertz CT molecular complexity index is 181. The molecule has 0 amide bonds. The van der Waals surface area contributed by atoms with Crippen LogP contribution in [0.15, 0.2) is 0 Å². The number of hydrogen-bond donors (Lipinski definition) is 0. The largest absolute Gasteiger partial charge is 0.346 e. The molecule has 12 heavy (non-hydrogen) atoms. The molecule has 4 heterocycles. The summed E-state index contributed by atoms with van der Waals surface area (Å²) in [5.41, 5.74) is 0. The van der Waals surface area contributed by atoms with Crippen molar-refractivity contribution in [3.8, 4) is 0 Å². The van der Waals surface area contributed by atoms with Crippen molar-refractivity contribution in [1.29, 1.82) is 0 Å². The molecule has 0 unspecified atom stereocenters. The molecule has 4 fully saturated rings. The zero-order valence-corrected chi connectivity index (χ0v) is 7.29. The van der Waals surface area contributed by atoms with Crippen LogP contribution in [0.4, 0.5) is 0 Å². The maximum Gasteiger partial charge on any atom is 0.184 e. The predicted octanol–water partition coefficient (Wildman–Crippen LogP) is 0.455. The van der Waals surface area contributed by atoms with Crippen LogP contribution < -0.4 is 0 Å². The van der Waals surface area contributed by atoms with Gasteiger partial charge in [0.2, 0.25) is 0 Å². The second-order valence-electron chi connectivity index (χ2n) is 4.06. The molecule has 3 nitrogen and oxygen atoms in total. The lowest BCUT2D eigenvalue weighted by atomic mass is 9.83. The molecule has 4 saturated heterocycles. The first-order valence-electron chi connectivity index (χ1n) is 4.89. The monoisotopic (exact) mass is 169 g/mol. The van der Waals surface area contributed by atoms with Crippen LogP contribution in [0.3, 0.4) is 0 Å². The van der Waals surface area contributed by atoms with E-state index < -0.39 is 0 Å². The van der Waals surface area contributed by atoms with Crippen LogP contribution >= 0.6 is 0 Å². The Kier molecular flexibility index (Phi) is 1.48. The summed E-state index contributed by atoms with van der Waals surface area (Å²) in [6, 6.07) is 0. The third-order valence-corrected chi connectivity index (χ3v) is 3.43. The van der Waals surface area contributed by atoms with Crippen molar-refractivity contribution in [3.05, 3.63) is 0 Å². The molecule has 68 valence electrons. The molecule has 4 aliphatic heterocycles. The van der Waals surface area contributed by atoms with E-state index in [2.05, 4.69) is 4.90 Å². The van der Waals surface area contributed by atoms with E-state index in [-0.39, 0.29) is 5.79 Å². The Morgan fingerprint density at radius 2 is 1.75 bits per heavy atom. The maximum atomic E-state index is 5.75. The van der Waals surface area contributed by atoms with Gasteiger partial charge in [0, 0.05) is 5.92 Å². The topological polar surface area (TPSA) is 21.7 Å². The molecular formula is C9H15NO2. The Balaban J connectivity index is 1.86. The number of hydrogen-bond acceptors (Lipinski definition) is 3. The summed E-state index contributed by atoms with van der Waals surface area (Å²) in [4.78, 5) is 2.46. The highest BCUT2D eigenvalue weighted by atomic mass is 16.7. The molecule has 0 N–H and O–H groups in total. The van der Waals surface area contributed by atoms with Crippen LogP contribution in [-0.4, -0.2) is 43.5 Å². The first kappa shape index (κ1) is 7.30. The summed E-state index contributed by atoms with van der Waals surface area (Å²) in [5, 5.41) is 0. The fourth-order valence-corrected chi connectivity index (χ4v) is 2.77. The molecule has 0 aromatic carbocycles. The Labute approximate surface area is 72.6 Å². The average Bonchev–Trinajstić information content (AvgIpc) is 2.55. The van der Waals surface area contributed by atoms with Crippen LogP contribution in [0.5, 0.6) is 0 Å². The van der Waals surface area contributed by atoms with Crippen LogP contribution in [0.1, 0.15) is 12.8 Å². The van der Waals surface area contributed by atoms with Gasteiger partial charge in [0.15, 0.2) is 5.79 Å². The molecule has 0 radical (unpaired) electrons. The summed E-state index contributed by atoms with van der Waals surface area (Å²) >= 11 is 0. The van der Waals surface area contributed by atoms with Crippen molar-refractivity contribution in [2.24, 2.45) is 5.92 Å². The Morgan fingerprint density at radius 1 is 1.08 bits per heavy atom. The first-order valence-corrected chi connectivity index (χ1v) is 4.89. The molecule has 3 heteroatoms. The summed E-state index contributed by atoms with van der Waals surface area (Å²) < 4.78 is 11.5. The Hall–Kier alpha value is -0.120. The van der Waals surface area contributed by atoms with Crippen molar-refractivity contribution in [2.75, 3.05) is 32.8 Å². The number of ether oxygens (including phenoxy) is 2. The highest BCUT2D eigenvalue weighted by Gasteiger charge is 2.50. The SMILES string of the molecule is C1COC2(CN3CCC2CC3)O1. The highest BCUT2D eigenvalue weighted by molar-refractivity contribution is 4.95. The second-order valence-corrected chi connectivity index (χ2v) is 4.06. The number of piperidine rings is 3. The molecule has 0 atom stereocenters. The average molecular weight is 169 g/mol. The molecule has 4 rings (SSSR count). The smallest absolute Gasteiger partial charge is 0.184 e. The van der Waals surface area contributed by atoms with Crippen molar-refractivity contribution >= 4 is 0 Å². The second kappa shape index (κ2) is 2.44. The number of nitrogens with zero attached hydrogens (tertiary/aromatic N) is 1. The van der Waals surface area contributed by atoms with Gasteiger partial charge in [0.05, 0.1) is 19.8 Å². The molecule has 4 aliphatic rings. The minimum Gasteiger partial charge on any atom is -0.346 e. The van der Waals surface area contributed by atoms with Gasteiger partial charge in [-0.15, -0.1) is 0 Å². The van der Waals surface area contributed by atoms with Gasteiger partial charge in [-0.3, -0.25) is 4.90 Å². The van der Waals surface area contributed by atoms with E-state index in [1.54, 1.807) is 0 Å². The number of fused-ring (bicyclic) bond motifs is 2. The predicted molar refractivity (Wildman–Crippen MR) is 43.8 cm³/mol. The van der Waals surface area contributed by atoms with Gasteiger partial charge in [-0.2, -0.15) is 0 Å². The fraction of sp³-hybridized carbons (Fsp3) is 1.00. The van der Waals surface area contributed by atoms with Gasteiger partial charge < -0.3 is 9.47 Å². The lowest BCUT2D eigenvalue weighted by molar-refractivity contribution is -0.243. The van der Waals surface area contributed by atoms with Gasteiger partial charge in [0.25, 0.3) is 0 Å². The van der Waals surface area contributed by atoms with E-state index in [0.29, 0.717) is 5.92 Å². The summed E-state index contributed by atoms with van der Waals surface area (Å²) in [5.74, 6) is 0.487. The van der Waals surface area contributed by atoms with Gasteiger partial charge in [-0.05, 0) is 25.9 Å². The van der Waals surface area contributed by atoms with Crippen LogP contribution in [-0.2, 0) is 9.47 Å². The quantitative estimate of drug-likeness (QED) is 0.525. The van der Waals surface area contributed by atoms with Gasteiger partial charge in [-0.1, -0.05) is 0 Å². The minimum absolute atomic E-state index is 0.184. The molecular weight excluding hydrogens is 154 g/mol. The van der Waals surface area contributed by atoms with Crippen molar-refractivity contribution in [1.82, 2.24) is 4.90 Å². The molecule has 0 aromatic heterocycles. The van der Waals surface area contributed by atoms with E-state index in [9.17, 15) is 0 Å². The van der Waals surface area contributed by atoms with Gasteiger partial charge in [0.1, 0.15) is 0 Å². The lowest BCUT2D eigenvalue weighted by Crippen LogP contribution is -2.59. The third-order valence-electron chi connectivity index (χ3n) is 3.43. The number of rotatable bonds is 0. The van der Waals surface area contributed by atoms with Crippen LogP contribution in [0.2, 0.25) is 0 Å². The van der Waals surface area contributed by atoms with Crippen molar-refractivity contribution < 1.29 is 9.47 Å². The van der Waals surface area contributed by atoms with E-state index >= 15 is 0 Å². The zero-order chi connectivity index (χ0) is 8.02. The van der Waals surface area contributed by atoms with Crippen LogP contribution in [0.25, 0.3) is 0 Å². The fourth-order valence-electron chi connectivity index (χ4n) is 2.77. The summed E-state index contributed by atoms with van der Waals surface area (Å²) in [6.07, 6.45) is 2.53. The standard InChI is InChI=1S/C9H15NO2/c1-3-10-4-2-8(1)9(7-10)11-5-6-12-9/h8H,1-7H2. The van der Waals surface area contributed by atoms with E-state index in [1.165, 1.54) is 25.9 Å². The minimum atomic E-state index is -0.184. The molecule has 0 aromatic rings. The van der Waals surface area contributed by atoms with Crippen molar-refractivity contribution in [2.45, 2.75) is 18.6 Å². The zero-order valence-electron chi connectivity index (χ0n) is 7.29. The lowest BCUT2D eigenvalue weighted by Gasteiger charge is -2.49. The van der Waals surface area contributed by atoms with Gasteiger partial charge >= 0.3 is 0 Å². The maximum absolute atomic E-state index is 5.75. The first-order chi connectivity index (χ1) is 5.89. The van der Waals surface area contributed by atoms with Gasteiger partial charge in [-0.25, -0.2) is 0 Å². The van der Waals surface area contributed by atoms with Crippen molar-refractivity contribution in [3.63, 3.8) is 0 Å². The molecule has 0 saturated carbocycles. The normalized spacial score (nSPS) is 44.0. The molecule has 1 spiro atoms. The van der Waals surface area contributed by atoms with E-state index in [0.717, 1.165) is 19.8 Å². The molecule has 2 bridgehead atoms. The Morgan fingerprint density at radius 3 is 2.25 bits per heavy atom. The molecule has 0 aliphatic carbocycles. The third kappa shape index (κ3) is 0.873. The van der Waals surface area contributed by atoms with Crippen LogP contribution in [0, 0.1) is 5.92 Å².